The first kappa shape index (κ1) is 10.9. The van der Waals surface area contributed by atoms with Gasteiger partial charge in [0.2, 0.25) is 0 Å². The topological polar surface area (TPSA) is 74.2 Å². The highest BCUT2D eigenvalue weighted by Crippen LogP contribution is 2.07. The molecular formula is C10H17N3O. The van der Waals surface area contributed by atoms with Gasteiger partial charge in [0.1, 0.15) is 5.82 Å². The van der Waals surface area contributed by atoms with Crippen molar-refractivity contribution in [3.05, 3.63) is 23.4 Å². The standard InChI is InChI=1S/C10H17N3O/c1-8-5-9(13-10(12)6-8)7-14-4-2-3-11/h5-6H,2-4,7,11H2,1H3,(H2,12,13). The molecule has 1 heterocycles. The lowest BCUT2D eigenvalue weighted by atomic mass is 10.2. The van der Waals surface area contributed by atoms with Crippen LogP contribution in [-0.2, 0) is 11.3 Å². The molecule has 4 heteroatoms. The fourth-order valence-corrected chi connectivity index (χ4v) is 1.20. The van der Waals surface area contributed by atoms with E-state index in [4.69, 9.17) is 16.2 Å². The minimum atomic E-state index is 0.506. The number of pyridine rings is 1. The van der Waals surface area contributed by atoms with Gasteiger partial charge in [-0.2, -0.15) is 0 Å². The van der Waals surface area contributed by atoms with Gasteiger partial charge in [-0.05, 0) is 37.6 Å². The quantitative estimate of drug-likeness (QED) is 0.683. The highest BCUT2D eigenvalue weighted by Gasteiger charge is 1.97. The summed E-state index contributed by atoms with van der Waals surface area (Å²) >= 11 is 0. The second-order valence-electron chi connectivity index (χ2n) is 3.26. The third-order valence-electron chi connectivity index (χ3n) is 1.79. The van der Waals surface area contributed by atoms with E-state index < -0.39 is 0 Å². The molecule has 0 saturated carbocycles. The number of rotatable bonds is 5. The summed E-state index contributed by atoms with van der Waals surface area (Å²) in [5.41, 5.74) is 12.9. The zero-order valence-corrected chi connectivity index (χ0v) is 8.49. The molecule has 78 valence electrons. The molecule has 4 nitrogen and oxygen atoms in total. The summed E-state index contributed by atoms with van der Waals surface area (Å²) in [6.07, 6.45) is 0.876. The lowest BCUT2D eigenvalue weighted by molar-refractivity contribution is 0.117. The first-order valence-corrected chi connectivity index (χ1v) is 4.73. The summed E-state index contributed by atoms with van der Waals surface area (Å²) in [5.74, 6) is 0.544. The number of nitrogens with two attached hydrogens (primary N) is 2. The van der Waals surface area contributed by atoms with Gasteiger partial charge in [0.15, 0.2) is 0 Å². The fraction of sp³-hybridized carbons (Fsp3) is 0.500. The van der Waals surface area contributed by atoms with Crippen LogP contribution < -0.4 is 11.5 Å². The van der Waals surface area contributed by atoms with Crippen LogP contribution >= 0.6 is 0 Å². The van der Waals surface area contributed by atoms with Gasteiger partial charge < -0.3 is 16.2 Å². The fourth-order valence-electron chi connectivity index (χ4n) is 1.20. The average molecular weight is 195 g/mol. The zero-order valence-electron chi connectivity index (χ0n) is 8.49. The van der Waals surface area contributed by atoms with Gasteiger partial charge in [0.25, 0.3) is 0 Å². The van der Waals surface area contributed by atoms with Crippen molar-refractivity contribution in [1.29, 1.82) is 0 Å². The number of anilines is 1. The van der Waals surface area contributed by atoms with Gasteiger partial charge in [-0.3, -0.25) is 0 Å². The van der Waals surface area contributed by atoms with Crippen LogP contribution in [0.1, 0.15) is 17.7 Å². The molecule has 0 aliphatic rings. The maximum atomic E-state index is 5.60. The highest BCUT2D eigenvalue weighted by atomic mass is 16.5. The average Bonchev–Trinajstić information content (AvgIpc) is 2.11. The van der Waals surface area contributed by atoms with Crippen molar-refractivity contribution < 1.29 is 4.74 Å². The largest absolute Gasteiger partial charge is 0.384 e. The van der Waals surface area contributed by atoms with E-state index in [0.717, 1.165) is 17.7 Å². The van der Waals surface area contributed by atoms with E-state index in [1.54, 1.807) is 0 Å². The molecule has 0 bridgehead atoms. The normalized spacial score (nSPS) is 10.4. The van der Waals surface area contributed by atoms with Gasteiger partial charge in [0, 0.05) is 6.61 Å². The van der Waals surface area contributed by atoms with E-state index in [1.165, 1.54) is 0 Å². The van der Waals surface area contributed by atoms with Gasteiger partial charge >= 0.3 is 0 Å². The van der Waals surface area contributed by atoms with Crippen LogP contribution in [0.5, 0.6) is 0 Å². The Morgan fingerprint density at radius 3 is 2.86 bits per heavy atom. The lowest BCUT2D eigenvalue weighted by Crippen LogP contribution is -2.05. The van der Waals surface area contributed by atoms with Gasteiger partial charge in [-0.25, -0.2) is 4.98 Å². The summed E-state index contributed by atoms with van der Waals surface area (Å²) in [5, 5.41) is 0. The number of nitrogen functional groups attached to an aromatic ring is 1. The second-order valence-corrected chi connectivity index (χ2v) is 3.26. The number of hydrogen-bond donors (Lipinski definition) is 2. The minimum Gasteiger partial charge on any atom is -0.384 e. The summed E-state index contributed by atoms with van der Waals surface area (Å²) in [7, 11) is 0. The van der Waals surface area contributed by atoms with E-state index in [0.29, 0.717) is 25.6 Å². The van der Waals surface area contributed by atoms with Crippen LogP contribution in [0.3, 0.4) is 0 Å². The molecule has 0 saturated heterocycles. The Morgan fingerprint density at radius 1 is 1.43 bits per heavy atom. The monoisotopic (exact) mass is 195 g/mol. The van der Waals surface area contributed by atoms with Crippen LogP contribution in [-0.4, -0.2) is 18.1 Å². The predicted molar refractivity (Wildman–Crippen MR) is 56.7 cm³/mol. The lowest BCUT2D eigenvalue weighted by Gasteiger charge is -2.04. The molecule has 1 aromatic rings. The Morgan fingerprint density at radius 2 is 2.21 bits per heavy atom. The zero-order chi connectivity index (χ0) is 10.4. The Kier molecular flexibility index (Phi) is 4.35. The minimum absolute atomic E-state index is 0.506. The predicted octanol–water partition coefficient (Wildman–Crippen LogP) is 0.838. The maximum absolute atomic E-state index is 5.60. The molecule has 0 radical (unpaired) electrons. The smallest absolute Gasteiger partial charge is 0.123 e. The van der Waals surface area contributed by atoms with E-state index in [-0.39, 0.29) is 0 Å². The van der Waals surface area contributed by atoms with E-state index >= 15 is 0 Å². The van der Waals surface area contributed by atoms with Crippen molar-refractivity contribution in [3.63, 3.8) is 0 Å². The summed E-state index contributed by atoms with van der Waals surface area (Å²) in [4.78, 5) is 4.15. The number of hydrogen-bond acceptors (Lipinski definition) is 4. The van der Waals surface area contributed by atoms with Gasteiger partial charge in [-0.15, -0.1) is 0 Å². The Labute approximate surface area is 84.3 Å². The highest BCUT2D eigenvalue weighted by molar-refractivity contribution is 5.33. The third kappa shape index (κ3) is 3.72. The van der Waals surface area contributed by atoms with Crippen molar-refractivity contribution in [3.8, 4) is 0 Å². The van der Waals surface area contributed by atoms with Crippen molar-refractivity contribution in [2.45, 2.75) is 20.0 Å². The van der Waals surface area contributed by atoms with Gasteiger partial charge in [-0.1, -0.05) is 0 Å². The molecule has 14 heavy (non-hydrogen) atoms. The molecule has 0 aromatic carbocycles. The summed E-state index contributed by atoms with van der Waals surface area (Å²) in [6, 6.07) is 3.81. The first-order valence-electron chi connectivity index (χ1n) is 4.73. The SMILES string of the molecule is Cc1cc(N)nc(COCCCN)c1. The molecule has 1 rings (SSSR count). The Hall–Kier alpha value is -1.13. The van der Waals surface area contributed by atoms with E-state index in [2.05, 4.69) is 4.98 Å². The number of aromatic nitrogens is 1. The summed E-state index contributed by atoms with van der Waals surface area (Å²) < 4.78 is 5.37. The van der Waals surface area contributed by atoms with Crippen molar-refractivity contribution in [2.75, 3.05) is 18.9 Å². The number of aryl methyl sites for hydroxylation is 1. The molecule has 0 unspecified atom stereocenters. The number of nitrogens with zero attached hydrogens (tertiary/aromatic N) is 1. The van der Waals surface area contributed by atoms with Crippen molar-refractivity contribution in [1.82, 2.24) is 4.98 Å². The molecule has 0 aliphatic heterocycles. The Balaban J connectivity index is 2.42. The van der Waals surface area contributed by atoms with Crippen LogP contribution in [0.2, 0.25) is 0 Å². The van der Waals surface area contributed by atoms with Crippen molar-refractivity contribution in [2.24, 2.45) is 5.73 Å². The van der Waals surface area contributed by atoms with Crippen LogP contribution in [0, 0.1) is 6.92 Å². The molecule has 0 atom stereocenters. The Bertz CT molecular complexity index is 268. The molecule has 0 fully saturated rings. The van der Waals surface area contributed by atoms with Gasteiger partial charge in [0.05, 0.1) is 12.3 Å². The first-order chi connectivity index (χ1) is 6.72. The molecule has 0 amide bonds. The molecular weight excluding hydrogens is 178 g/mol. The third-order valence-corrected chi connectivity index (χ3v) is 1.79. The second kappa shape index (κ2) is 5.57. The van der Waals surface area contributed by atoms with E-state index in [9.17, 15) is 0 Å². The van der Waals surface area contributed by atoms with Crippen LogP contribution in [0.25, 0.3) is 0 Å². The summed E-state index contributed by atoms with van der Waals surface area (Å²) in [6.45, 7) is 3.82. The molecule has 0 spiro atoms. The van der Waals surface area contributed by atoms with Crippen LogP contribution in [0.4, 0.5) is 5.82 Å². The molecule has 1 aromatic heterocycles. The number of ether oxygens (including phenoxy) is 1. The van der Waals surface area contributed by atoms with Crippen LogP contribution in [0.15, 0.2) is 12.1 Å². The maximum Gasteiger partial charge on any atom is 0.123 e. The van der Waals surface area contributed by atoms with Crippen molar-refractivity contribution >= 4 is 5.82 Å². The molecule has 4 N–H and O–H groups in total. The molecule has 0 aliphatic carbocycles. The van der Waals surface area contributed by atoms with E-state index in [1.807, 2.05) is 19.1 Å².